The highest BCUT2D eigenvalue weighted by atomic mass is 32.1. The summed E-state index contributed by atoms with van der Waals surface area (Å²) in [6, 6.07) is 7.51. The Morgan fingerprint density at radius 3 is 2.59 bits per heavy atom. The van der Waals surface area contributed by atoms with Gasteiger partial charge in [-0.2, -0.15) is 0 Å². The van der Waals surface area contributed by atoms with E-state index in [1.165, 1.54) is 11.3 Å². The Bertz CT molecular complexity index is 540. The molecule has 0 saturated carbocycles. The third-order valence-electron chi connectivity index (χ3n) is 2.61. The Balaban J connectivity index is 2.28. The van der Waals surface area contributed by atoms with Crippen molar-refractivity contribution < 1.29 is 4.79 Å². The van der Waals surface area contributed by atoms with Crippen molar-refractivity contribution in [2.24, 2.45) is 0 Å². The van der Waals surface area contributed by atoms with Gasteiger partial charge in [0, 0.05) is 0 Å². The molecule has 0 aliphatic rings. The average molecular weight is 246 g/mol. The molecule has 0 aliphatic carbocycles. The second-order valence-electron chi connectivity index (χ2n) is 3.93. The Hall–Kier alpha value is -1.81. The summed E-state index contributed by atoms with van der Waals surface area (Å²) < 4.78 is 0. The molecule has 4 heteroatoms. The molecule has 1 heterocycles. The fraction of sp³-hybridized carbons (Fsp3) is 0.154. The quantitative estimate of drug-likeness (QED) is 0.799. The lowest BCUT2D eigenvalue weighted by Gasteiger charge is -2.10. The van der Waals surface area contributed by atoms with Gasteiger partial charge in [-0.05, 0) is 42.5 Å². The SMILES string of the molecule is Cc1ccsc1C(=O)Nc1c(C)cccc1N. The van der Waals surface area contributed by atoms with E-state index < -0.39 is 0 Å². The normalized spacial score (nSPS) is 10.2. The van der Waals surface area contributed by atoms with Gasteiger partial charge in [0.2, 0.25) is 0 Å². The van der Waals surface area contributed by atoms with Crippen molar-refractivity contribution >= 4 is 28.6 Å². The molecule has 0 bridgehead atoms. The molecule has 1 aromatic carbocycles. The summed E-state index contributed by atoms with van der Waals surface area (Å²) >= 11 is 1.44. The highest BCUT2D eigenvalue weighted by Gasteiger charge is 2.12. The van der Waals surface area contributed by atoms with E-state index in [9.17, 15) is 4.79 Å². The van der Waals surface area contributed by atoms with Crippen LogP contribution in [0.3, 0.4) is 0 Å². The molecule has 17 heavy (non-hydrogen) atoms. The second-order valence-corrected chi connectivity index (χ2v) is 4.84. The molecule has 0 saturated heterocycles. The molecule has 1 aromatic heterocycles. The number of hydrogen-bond acceptors (Lipinski definition) is 3. The first-order chi connectivity index (χ1) is 8.09. The highest BCUT2D eigenvalue weighted by Crippen LogP contribution is 2.24. The number of carbonyl (C=O) groups excluding carboxylic acids is 1. The van der Waals surface area contributed by atoms with Crippen molar-refractivity contribution in [2.45, 2.75) is 13.8 Å². The first-order valence-electron chi connectivity index (χ1n) is 5.30. The van der Waals surface area contributed by atoms with Crippen LogP contribution in [-0.2, 0) is 0 Å². The lowest BCUT2D eigenvalue weighted by atomic mass is 10.1. The molecule has 0 fully saturated rings. The number of nitrogens with two attached hydrogens (primary N) is 1. The van der Waals surface area contributed by atoms with Gasteiger partial charge in [0.1, 0.15) is 0 Å². The van der Waals surface area contributed by atoms with Crippen LogP contribution >= 0.6 is 11.3 Å². The van der Waals surface area contributed by atoms with Gasteiger partial charge in [-0.1, -0.05) is 12.1 Å². The Morgan fingerprint density at radius 2 is 2.00 bits per heavy atom. The molecule has 0 atom stereocenters. The Morgan fingerprint density at radius 1 is 1.24 bits per heavy atom. The van der Waals surface area contributed by atoms with Gasteiger partial charge in [0.15, 0.2) is 0 Å². The largest absolute Gasteiger partial charge is 0.397 e. The van der Waals surface area contributed by atoms with Gasteiger partial charge < -0.3 is 11.1 Å². The summed E-state index contributed by atoms with van der Waals surface area (Å²) in [5, 5.41) is 4.78. The van der Waals surface area contributed by atoms with E-state index in [0.29, 0.717) is 11.4 Å². The van der Waals surface area contributed by atoms with Crippen LogP contribution in [0.25, 0.3) is 0 Å². The molecule has 0 aliphatic heterocycles. The standard InChI is InChI=1S/C13H14N2OS/c1-8-4-3-5-10(14)11(8)15-13(16)12-9(2)6-7-17-12/h3-7H,14H2,1-2H3,(H,15,16). The van der Waals surface area contributed by atoms with Crippen LogP contribution in [0.4, 0.5) is 11.4 Å². The van der Waals surface area contributed by atoms with Crippen LogP contribution in [0.1, 0.15) is 20.8 Å². The lowest BCUT2D eigenvalue weighted by Crippen LogP contribution is -2.13. The Labute approximate surface area is 104 Å². The number of hydrogen-bond donors (Lipinski definition) is 2. The summed E-state index contributed by atoms with van der Waals surface area (Å²) in [5.41, 5.74) is 9.09. The monoisotopic (exact) mass is 246 g/mol. The molecule has 0 spiro atoms. The predicted molar refractivity (Wildman–Crippen MR) is 72.6 cm³/mol. The topological polar surface area (TPSA) is 55.1 Å². The first-order valence-corrected chi connectivity index (χ1v) is 6.18. The summed E-state index contributed by atoms with van der Waals surface area (Å²) in [5.74, 6) is -0.0986. The lowest BCUT2D eigenvalue weighted by molar-refractivity contribution is 0.103. The average Bonchev–Trinajstić information content (AvgIpc) is 2.70. The minimum Gasteiger partial charge on any atom is -0.397 e. The van der Waals surface area contributed by atoms with E-state index in [4.69, 9.17) is 5.73 Å². The van der Waals surface area contributed by atoms with E-state index in [0.717, 1.165) is 16.0 Å². The minimum absolute atomic E-state index is 0.0986. The van der Waals surface area contributed by atoms with E-state index in [1.54, 1.807) is 6.07 Å². The van der Waals surface area contributed by atoms with Gasteiger partial charge in [-0.3, -0.25) is 4.79 Å². The van der Waals surface area contributed by atoms with E-state index in [-0.39, 0.29) is 5.91 Å². The maximum absolute atomic E-state index is 12.0. The molecular formula is C13H14N2OS. The maximum atomic E-state index is 12.0. The number of carbonyl (C=O) groups is 1. The van der Waals surface area contributed by atoms with Crippen molar-refractivity contribution in [3.63, 3.8) is 0 Å². The number of thiophene rings is 1. The van der Waals surface area contributed by atoms with Crippen LogP contribution in [0, 0.1) is 13.8 Å². The zero-order chi connectivity index (χ0) is 12.4. The van der Waals surface area contributed by atoms with Gasteiger partial charge in [0.25, 0.3) is 5.91 Å². The molecule has 0 radical (unpaired) electrons. The number of rotatable bonds is 2. The third kappa shape index (κ3) is 2.31. The maximum Gasteiger partial charge on any atom is 0.266 e. The fourth-order valence-electron chi connectivity index (χ4n) is 1.64. The molecule has 88 valence electrons. The molecule has 0 unspecified atom stereocenters. The molecule has 3 nitrogen and oxygen atoms in total. The van der Waals surface area contributed by atoms with Gasteiger partial charge in [-0.25, -0.2) is 0 Å². The zero-order valence-electron chi connectivity index (χ0n) is 9.78. The summed E-state index contributed by atoms with van der Waals surface area (Å²) in [6.07, 6.45) is 0. The predicted octanol–water partition coefficient (Wildman–Crippen LogP) is 3.20. The number of benzene rings is 1. The van der Waals surface area contributed by atoms with E-state index in [2.05, 4.69) is 5.32 Å². The number of para-hydroxylation sites is 1. The summed E-state index contributed by atoms with van der Waals surface area (Å²) in [4.78, 5) is 12.8. The number of amides is 1. The van der Waals surface area contributed by atoms with Crippen molar-refractivity contribution in [1.82, 2.24) is 0 Å². The molecule has 3 N–H and O–H groups in total. The van der Waals surface area contributed by atoms with Crippen LogP contribution in [0.5, 0.6) is 0 Å². The third-order valence-corrected chi connectivity index (χ3v) is 3.63. The smallest absolute Gasteiger partial charge is 0.266 e. The number of aryl methyl sites for hydroxylation is 2. The molecule has 2 rings (SSSR count). The van der Waals surface area contributed by atoms with Crippen LogP contribution < -0.4 is 11.1 Å². The highest BCUT2D eigenvalue weighted by molar-refractivity contribution is 7.12. The zero-order valence-corrected chi connectivity index (χ0v) is 10.6. The molecule has 1 amide bonds. The fourth-order valence-corrected chi connectivity index (χ4v) is 2.46. The van der Waals surface area contributed by atoms with Gasteiger partial charge in [-0.15, -0.1) is 11.3 Å². The van der Waals surface area contributed by atoms with Crippen molar-refractivity contribution in [3.8, 4) is 0 Å². The molecular weight excluding hydrogens is 232 g/mol. The van der Waals surface area contributed by atoms with Crippen LogP contribution in [0.2, 0.25) is 0 Å². The summed E-state index contributed by atoms with van der Waals surface area (Å²) in [6.45, 7) is 3.85. The second kappa shape index (κ2) is 4.59. The van der Waals surface area contributed by atoms with Gasteiger partial charge >= 0.3 is 0 Å². The minimum atomic E-state index is -0.0986. The van der Waals surface area contributed by atoms with Gasteiger partial charge in [0.05, 0.1) is 16.3 Å². The Kier molecular flexibility index (Phi) is 3.15. The van der Waals surface area contributed by atoms with E-state index in [1.807, 2.05) is 37.4 Å². The first kappa shape index (κ1) is 11.7. The molecule has 2 aromatic rings. The number of nitrogen functional groups attached to an aromatic ring is 1. The van der Waals surface area contributed by atoms with Crippen LogP contribution in [-0.4, -0.2) is 5.91 Å². The van der Waals surface area contributed by atoms with Crippen LogP contribution in [0.15, 0.2) is 29.6 Å². The van der Waals surface area contributed by atoms with Crippen molar-refractivity contribution in [3.05, 3.63) is 45.6 Å². The summed E-state index contributed by atoms with van der Waals surface area (Å²) in [7, 11) is 0. The van der Waals surface area contributed by atoms with Crippen molar-refractivity contribution in [2.75, 3.05) is 11.1 Å². The number of nitrogens with one attached hydrogen (secondary N) is 1. The van der Waals surface area contributed by atoms with Crippen molar-refractivity contribution in [1.29, 1.82) is 0 Å². The van der Waals surface area contributed by atoms with E-state index >= 15 is 0 Å². The number of anilines is 2.